The minimum absolute atomic E-state index is 0.0922. The standard InChI is InChI=1S/C16H26N2O2S/c17-12-7-13-18(16-10-5-2-6-11-16)21(19,20)14-15-8-3-1-4-9-15/h1,3-4,8-9,16H,2,5-7,10-14,17H2. The van der Waals surface area contributed by atoms with Crippen LogP contribution in [0.1, 0.15) is 44.1 Å². The van der Waals surface area contributed by atoms with Crippen molar-refractivity contribution in [3.8, 4) is 0 Å². The monoisotopic (exact) mass is 310 g/mol. The van der Waals surface area contributed by atoms with Crippen molar-refractivity contribution in [1.29, 1.82) is 0 Å². The molecule has 1 aromatic rings. The van der Waals surface area contributed by atoms with E-state index in [0.29, 0.717) is 13.1 Å². The van der Waals surface area contributed by atoms with E-state index in [-0.39, 0.29) is 11.8 Å². The van der Waals surface area contributed by atoms with Gasteiger partial charge >= 0.3 is 0 Å². The van der Waals surface area contributed by atoms with E-state index in [9.17, 15) is 8.42 Å². The molecule has 0 heterocycles. The maximum Gasteiger partial charge on any atom is 0.218 e. The van der Waals surface area contributed by atoms with Gasteiger partial charge in [0.2, 0.25) is 10.0 Å². The quantitative estimate of drug-likeness (QED) is 0.841. The summed E-state index contributed by atoms with van der Waals surface area (Å²) >= 11 is 0. The molecule has 1 aliphatic rings. The molecule has 0 unspecified atom stereocenters. The molecule has 1 aliphatic carbocycles. The van der Waals surface area contributed by atoms with E-state index in [2.05, 4.69) is 0 Å². The Labute approximate surface area is 128 Å². The molecule has 4 nitrogen and oxygen atoms in total. The van der Waals surface area contributed by atoms with E-state index in [1.54, 1.807) is 4.31 Å². The highest BCUT2D eigenvalue weighted by atomic mass is 32.2. The predicted octanol–water partition coefficient (Wildman–Crippen LogP) is 2.50. The summed E-state index contributed by atoms with van der Waals surface area (Å²) in [7, 11) is -3.27. The van der Waals surface area contributed by atoms with E-state index in [1.165, 1.54) is 6.42 Å². The van der Waals surface area contributed by atoms with Gasteiger partial charge in [0.15, 0.2) is 0 Å². The Morgan fingerprint density at radius 2 is 1.76 bits per heavy atom. The molecule has 21 heavy (non-hydrogen) atoms. The lowest BCUT2D eigenvalue weighted by Crippen LogP contribution is -2.43. The zero-order chi connectivity index (χ0) is 15.1. The van der Waals surface area contributed by atoms with E-state index >= 15 is 0 Å². The summed E-state index contributed by atoms with van der Waals surface area (Å²) in [6, 6.07) is 9.59. The fourth-order valence-corrected chi connectivity index (χ4v) is 4.88. The molecule has 5 heteroatoms. The second kappa shape index (κ2) is 7.92. The number of nitrogens with two attached hydrogens (primary N) is 1. The molecule has 0 atom stereocenters. The van der Waals surface area contributed by atoms with Gasteiger partial charge in [0.05, 0.1) is 5.75 Å². The summed E-state index contributed by atoms with van der Waals surface area (Å²) in [6.07, 6.45) is 6.18. The molecule has 2 N–H and O–H groups in total. The zero-order valence-corrected chi connectivity index (χ0v) is 13.4. The van der Waals surface area contributed by atoms with Gasteiger partial charge in [-0.3, -0.25) is 0 Å². The van der Waals surface area contributed by atoms with Gasteiger partial charge in [-0.15, -0.1) is 0 Å². The van der Waals surface area contributed by atoms with Crippen LogP contribution in [0.4, 0.5) is 0 Å². The number of rotatable bonds is 7. The number of sulfonamides is 1. The lowest BCUT2D eigenvalue weighted by Gasteiger charge is -2.33. The van der Waals surface area contributed by atoms with E-state index in [1.807, 2.05) is 30.3 Å². The van der Waals surface area contributed by atoms with Crippen molar-refractivity contribution in [2.24, 2.45) is 5.73 Å². The molecule has 0 aliphatic heterocycles. The highest BCUT2D eigenvalue weighted by molar-refractivity contribution is 7.88. The highest BCUT2D eigenvalue weighted by Gasteiger charge is 2.30. The van der Waals surface area contributed by atoms with Crippen molar-refractivity contribution in [3.63, 3.8) is 0 Å². The highest BCUT2D eigenvalue weighted by Crippen LogP contribution is 2.26. The van der Waals surface area contributed by atoms with Crippen LogP contribution in [0.2, 0.25) is 0 Å². The van der Waals surface area contributed by atoms with Crippen LogP contribution in [0.3, 0.4) is 0 Å². The first-order chi connectivity index (χ1) is 10.1. The van der Waals surface area contributed by atoms with Gasteiger partial charge in [0, 0.05) is 12.6 Å². The molecule has 2 rings (SSSR count). The Bertz CT molecular complexity index is 510. The SMILES string of the molecule is NCCCN(C1CCCCC1)S(=O)(=O)Cc1ccccc1. The van der Waals surface area contributed by atoms with Crippen LogP contribution in [0.5, 0.6) is 0 Å². The minimum atomic E-state index is -3.27. The number of hydrogen-bond donors (Lipinski definition) is 1. The Kier molecular flexibility index (Phi) is 6.21. The Hall–Kier alpha value is -0.910. The van der Waals surface area contributed by atoms with Crippen molar-refractivity contribution in [3.05, 3.63) is 35.9 Å². The van der Waals surface area contributed by atoms with Gasteiger partial charge in [-0.1, -0.05) is 49.6 Å². The summed E-state index contributed by atoms with van der Waals surface area (Å²) in [6.45, 7) is 1.08. The summed E-state index contributed by atoms with van der Waals surface area (Å²) in [5.41, 5.74) is 6.43. The summed E-state index contributed by atoms with van der Waals surface area (Å²) in [5, 5.41) is 0. The molecule has 1 saturated carbocycles. The molecule has 0 aromatic heterocycles. The Balaban J connectivity index is 2.13. The molecule has 1 aromatic carbocycles. The van der Waals surface area contributed by atoms with Crippen molar-refractivity contribution < 1.29 is 8.42 Å². The van der Waals surface area contributed by atoms with Crippen LogP contribution in [0.15, 0.2) is 30.3 Å². The van der Waals surface area contributed by atoms with E-state index < -0.39 is 10.0 Å². The van der Waals surface area contributed by atoms with Crippen LogP contribution < -0.4 is 5.73 Å². The topological polar surface area (TPSA) is 63.4 Å². The van der Waals surface area contributed by atoms with Crippen molar-refractivity contribution in [2.75, 3.05) is 13.1 Å². The number of hydrogen-bond acceptors (Lipinski definition) is 3. The van der Waals surface area contributed by atoms with Gasteiger partial charge in [-0.05, 0) is 31.4 Å². The smallest absolute Gasteiger partial charge is 0.218 e. The molecule has 0 radical (unpaired) electrons. The first-order valence-corrected chi connectivity index (χ1v) is 9.48. The first kappa shape index (κ1) is 16.5. The predicted molar refractivity (Wildman–Crippen MR) is 86.3 cm³/mol. The largest absolute Gasteiger partial charge is 0.330 e. The normalized spacial score (nSPS) is 17.2. The lowest BCUT2D eigenvalue weighted by molar-refractivity contribution is 0.252. The van der Waals surface area contributed by atoms with Gasteiger partial charge in [-0.2, -0.15) is 4.31 Å². The third-order valence-electron chi connectivity index (χ3n) is 4.11. The Morgan fingerprint density at radius 1 is 1.10 bits per heavy atom. The molecule has 0 bridgehead atoms. The second-order valence-corrected chi connectivity index (χ2v) is 7.71. The van der Waals surface area contributed by atoms with Crippen molar-refractivity contribution >= 4 is 10.0 Å². The summed E-state index contributed by atoms with van der Waals surface area (Å²) < 4.78 is 27.3. The summed E-state index contributed by atoms with van der Waals surface area (Å²) in [5.74, 6) is 0.0922. The summed E-state index contributed by atoms with van der Waals surface area (Å²) in [4.78, 5) is 0. The average Bonchev–Trinajstić information content (AvgIpc) is 2.49. The van der Waals surface area contributed by atoms with Crippen LogP contribution in [-0.4, -0.2) is 31.9 Å². The molecule has 0 amide bonds. The van der Waals surface area contributed by atoms with Gasteiger partial charge in [-0.25, -0.2) is 8.42 Å². The third kappa shape index (κ3) is 4.80. The zero-order valence-electron chi connectivity index (χ0n) is 12.6. The lowest BCUT2D eigenvalue weighted by atomic mass is 9.95. The van der Waals surface area contributed by atoms with Crippen LogP contribution in [0, 0.1) is 0 Å². The Morgan fingerprint density at radius 3 is 2.38 bits per heavy atom. The van der Waals surface area contributed by atoms with E-state index in [0.717, 1.165) is 37.7 Å². The average molecular weight is 310 g/mol. The van der Waals surface area contributed by atoms with Gasteiger partial charge in [0.25, 0.3) is 0 Å². The number of nitrogens with zero attached hydrogens (tertiary/aromatic N) is 1. The first-order valence-electron chi connectivity index (χ1n) is 7.87. The molecular weight excluding hydrogens is 284 g/mol. The molecule has 0 saturated heterocycles. The van der Waals surface area contributed by atoms with Crippen LogP contribution >= 0.6 is 0 Å². The van der Waals surface area contributed by atoms with Crippen LogP contribution in [-0.2, 0) is 15.8 Å². The van der Waals surface area contributed by atoms with Crippen LogP contribution in [0.25, 0.3) is 0 Å². The maximum absolute atomic E-state index is 12.8. The third-order valence-corrected chi connectivity index (χ3v) is 6.01. The van der Waals surface area contributed by atoms with Crippen molar-refractivity contribution in [1.82, 2.24) is 4.31 Å². The molecule has 1 fully saturated rings. The maximum atomic E-state index is 12.8. The molecule has 118 valence electrons. The number of benzene rings is 1. The minimum Gasteiger partial charge on any atom is -0.330 e. The van der Waals surface area contributed by atoms with Crippen molar-refractivity contribution in [2.45, 2.75) is 50.3 Å². The van der Waals surface area contributed by atoms with E-state index in [4.69, 9.17) is 5.73 Å². The fourth-order valence-electron chi connectivity index (χ4n) is 3.03. The van der Waals surface area contributed by atoms with Gasteiger partial charge < -0.3 is 5.73 Å². The van der Waals surface area contributed by atoms with Gasteiger partial charge in [0.1, 0.15) is 0 Å². The second-order valence-electron chi connectivity index (χ2n) is 5.79. The molecular formula is C16H26N2O2S. The fraction of sp³-hybridized carbons (Fsp3) is 0.625. The molecule has 0 spiro atoms.